The number of nitrogens with zero attached hydrogens (tertiary/aromatic N) is 3. The molecule has 0 atom stereocenters. The van der Waals surface area contributed by atoms with Gasteiger partial charge in [-0.3, -0.25) is 4.68 Å². The van der Waals surface area contributed by atoms with Crippen LogP contribution in [0.25, 0.3) is 11.3 Å². The first kappa shape index (κ1) is 27.4. The number of hydrogen-bond acceptors (Lipinski definition) is 4. The van der Waals surface area contributed by atoms with Crippen LogP contribution in [0, 0.1) is 11.8 Å². The van der Waals surface area contributed by atoms with Gasteiger partial charge in [-0.05, 0) is 44.4 Å². The summed E-state index contributed by atoms with van der Waals surface area (Å²) in [7, 11) is 1.69. The summed E-state index contributed by atoms with van der Waals surface area (Å²) >= 11 is 0. The molecule has 0 fully saturated rings. The van der Waals surface area contributed by atoms with Crippen molar-refractivity contribution in [2.45, 2.75) is 11.1 Å². The van der Waals surface area contributed by atoms with Crippen molar-refractivity contribution in [3.8, 4) is 23.1 Å². The topological polar surface area (TPSA) is 67.2 Å². The van der Waals surface area contributed by atoms with Gasteiger partial charge in [-0.15, -0.1) is 12.4 Å². The molecule has 34 heavy (non-hydrogen) atoms. The summed E-state index contributed by atoms with van der Waals surface area (Å²) in [6.45, 7) is 0.837. The van der Waals surface area contributed by atoms with Gasteiger partial charge >= 0.3 is 6.18 Å². The molecule has 182 valence electrons. The molecule has 11 heteroatoms. The van der Waals surface area contributed by atoms with Crippen molar-refractivity contribution in [3.05, 3.63) is 71.4 Å². The monoisotopic (exact) mass is 512 g/mol. The van der Waals surface area contributed by atoms with E-state index in [0.29, 0.717) is 28.9 Å². The Bertz CT molecular complexity index is 1290. The molecule has 0 aliphatic carbocycles. The van der Waals surface area contributed by atoms with Crippen molar-refractivity contribution < 1.29 is 21.6 Å². The van der Waals surface area contributed by atoms with Crippen LogP contribution in [0.4, 0.5) is 13.2 Å². The van der Waals surface area contributed by atoms with Gasteiger partial charge in [0.15, 0.2) is 0 Å². The molecule has 0 aliphatic rings. The van der Waals surface area contributed by atoms with Crippen LogP contribution in [-0.2, 0) is 23.2 Å². The van der Waals surface area contributed by atoms with Crippen molar-refractivity contribution in [1.82, 2.24) is 19.4 Å². The second-order valence-corrected chi connectivity index (χ2v) is 9.35. The third-order valence-corrected chi connectivity index (χ3v) is 6.22. The molecule has 3 rings (SSSR count). The molecular formula is C23H24ClF3N4O2S. The summed E-state index contributed by atoms with van der Waals surface area (Å²) in [6, 6.07) is 11.0. The zero-order chi connectivity index (χ0) is 24.2. The molecule has 0 unspecified atom stereocenters. The van der Waals surface area contributed by atoms with E-state index in [1.807, 2.05) is 19.0 Å². The summed E-state index contributed by atoms with van der Waals surface area (Å²) in [5.74, 6) is 5.88. The first-order valence-electron chi connectivity index (χ1n) is 9.93. The van der Waals surface area contributed by atoms with E-state index in [1.165, 1.54) is 35.1 Å². The number of nitrogens with one attached hydrogen (secondary N) is 1. The van der Waals surface area contributed by atoms with Gasteiger partial charge in [0.2, 0.25) is 10.0 Å². The second kappa shape index (κ2) is 11.1. The standard InChI is InChI=1S/C23H23F3N4O2S.ClH/c1-29(2)14-13-28-33(31,32)21-6-4-5-17(15-21)7-8-19-16-27-30(3)22(19)18-9-11-20(12-10-18)23(24,25)26;/h4-6,9-12,15-16,28H,13-14H2,1-3H3;1H. The van der Waals surface area contributed by atoms with Crippen LogP contribution in [0.5, 0.6) is 0 Å². The van der Waals surface area contributed by atoms with Gasteiger partial charge in [0.1, 0.15) is 0 Å². The predicted molar refractivity (Wildman–Crippen MR) is 127 cm³/mol. The van der Waals surface area contributed by atoms with Crippen LogP contribution < -0.4 is 4.72 Å². The Morgan fingerprint density at radius 3 is 2.38 bits per heavy atom. The maximum Gasteiger partial charge on any atom is 0.416 e. The molecule has 0 aliphatic heterocycles. The number of aryl methyl sites for hydroxylation is 1. The van der Waals surface area contributed by atoms with Gasteiger partial charge in [-0.1, -0.05) is 30.0 Å². The molecule has 0 amide bonds. The molecular weight excluding hydrogens is 489 g/mol. The Labute approximate surface area is 203 Å². The number of sulfonamides is 1. The van der Waals surface area contributed by atoms with Gasteiger partial charge in [0, 0.05) is 31.3 Å². The number of benzene rings is 2. The van der Waals surface area contributed by atoms with Crippen LogP contribution in [0.3, 0.4) is 0 Å². The number of alkyl halides is 3. The van der Waals surface area contributed by atoms with E-state index >= 15 is 0 Å². The van der Waals surface area contributed by atoms with Gasteiger partial charge in [-0.25, -0.2) is 13.1 Å². The molecule has 6 nitrogen and oxygen atoms in total. The fourth-order valence-electron chi connectivity index (χ4n) is 3.06. The SMILES string of the molecule is CN(C)CCNS(=O)(=O)c1cccc(C#Cc2cnn(C)c2-c2ccc(C(F)(F)F)cc2)c1.Cl. The van der Waals surface area contributed by atoms with Crippen molar-refractivity contribution >= 4 is 22.4 Å². The van der Waals surface area contributed by atoms with Crippen LogP contribution in [0.15, 0.2) is 59.6 Å². The molecule has 3 aromatic rings. The number of aromatic nitrogens is 2. The smallest absolute Gasteiger partial charge is 0.308 e. The highest BCUT2D eigenvalue weighted by molar-refractivity contribution is 7.89. The Morgan fingerprint density at radius 2 is 1.76 bits per heavy atom. The van der Waals surface area contributed by atoms with E-state index in [2.05, 4.69) is 21.7 Å². The lowest BCUT2D eigenvalue weighted by atomic mass is 10.1. The quantitative estimate of drug-likeness (QED) is 0.511. The van der Waals surface area contributed by atoms with Crippen LogP contribution in [0.2, 0.25) is 0 Å². The van der Waals surface area contributed by atoms with E-state index in [1.54, 1.807) is 19.2 Å². The summed E-state index contributed by atoms with van der Waals surface area (Å²) in [4.78, 5) is 1.97. The zero-order valence-electron chi connectivity index (χ0n) is 18.7. The van der Waals surface area contributed by atoms with Gasteiger partial charge in [0.05, 0.1) is 27.9 Å². The van der Waals surface area contributed by atoms with Crippen LogP contribution in [0.1, 0.15) is 16.7 Å². The minimum Gasteiger partial charge on any atom is -0.308 e. The average Bonchev–Trinajstić information content (AvgIpc) is 3.12. The molecule has 2 aromatic carbocycles. The fraction of sp³-hybridized carbons (Fsp3) is 0.261. The molecule has 0 spiro atoms. The third-order valence-electron chi connectivity index (χ3n) is 4.76. The molecule has 0 saturated carbocycles. The lowest BCUT2D eigenvalue weighted by Crippen LogP contribution is -2.31. The van der Waals surface area contributed by atoms with Crippen molar-refractivity contribution in [1.29, 1.82) is 0 Å². The molecule has 0 saturated heterocycles. The highest BCUT2D eigenvalue weighted by Gasteiger charge is 2.30. The minimum absolute atomic E-state index is 0. The normalized spacial score (nSPS) is 11.6. The second-order valence-electron chi connectivity index (χ2n) is 7.58. The van der Waals surface area contributed by atoms with E-state index < -0.39 is 21.8 Å². The third kappa shape index (κ3) is 6.84. The number of rotatable bonds is 6. The maximum absolute atomic E-state index is 12.9. The predicted octanol–water partition coefficient (Wildman–Crippen LogP) is 3.77. The average molecular weight is 513 g/mol. The van der Waals surface area contributed by atoms with Gasteiger partial charge < -0.3 is 4.90 Å². The highest BCUT2D eigenvalue weighted by Crippen LogP contribution is 2.31. The van der Waals surface area contributed by atoms with Crippen molar-refractivity contribution in [3.63, 3.8) is 0 Å². The van der Waals surface area contributed by atoms with Gasteiger partial charge in [-0.2, -0.15) is 18.3 Å². The molecule has 0 radical (unpaired) electrons. The van der Waals surface area contributed by atoms with E-state index in [9.17, 15) is 21.6 Å². The Balaban J connectivity index is 0.00000408. The van der Waals surface area contributed by atoms with E-state index in [0.717, 1.165) is 12.1 Å². The number of likely N-dealkylation sites (N-methyl/N-ethyl adjacent to an activating group) is 1. The molecule has 1 heterocycles. The Kier molecular flexibility index (Phi) is 8.91. The van der Waals surface area contributed by atoms with E-state index in [4.69, 9.17) is 0 Å². The molecule has 1 N–H and O–H groups in total. The first-order valence-corrected chi connectivity index (χ1v) is 11.4. The molecule has 1 aromatic heterocycles. The zero-order valence-corrected chi connectivity index (χ0v) is 20.4. The summed E-state index contributed by atoms with van der Waals surface area (Å²) in [5, 5.41) is 4.16. The highest BCUT2D eigenvalue weighted by atomic mass is 35.5. The van der Waals surface area contributed by atoms with E-state index in [-0.39, 0.29) is 23.8 Å². The maximum atomic E-state index is 12.9. The summed E-state index contributed by atoms with van der Waals surface area (Å²) < 4.78 is 67.7. The Morgan fingerprint density at radius 1 is 1.09 bits per heavy atom. The van der Waals surface area contributed by atoms with Crippen molar-refractivity contribution in [2.75, 3.05) is 27.2 Å². The largest absolute Gasteiger partial charge is 0.416 e. The Hall–Kier alpha value is -2.84. The van der Waals surface area contributed by atoms with Crippen LogP contribution >= 0.6 is 12.4 Å². The van der Waals surface area contributed by atoms with Crippen molar-refractivity contribution in [2.24, 2.45) is 7.05 Å². The lowest BCUT2D eigenvalue weighted by molar-refractivity contribution is -0.137. The number of halogens is 4. The molecule has 0 bridgehead atoms. The summed E-state index contributed by atoms with van der Waals surface area (Å²) in [6.07, 6.45) is -2.90. The minimum atomic E-state index is -4.42. The number of hydrogen-bond donors (Lipinski definition) is 1. The van der Waals surface area contributed by atoms with Gasteiger partial charge in [0.25, 0.3) is 0 Å². The lowest BCUT2D eigenvalue weighted by Gasteiger charge is -2.11. The first-order chi connectivity index (χ1) is 15.5. The van der Waals surface area contributed by atoms with Crippen LogP contribution in [-0.4, -0.2) is 50.3 Å². The summed E-state index contributed by atoms with van der Waals surface area (Å²) in [5.41, 5.74) is 1.35. The fourth-order valence-corrected chi connectivity index (χ4v) is 4.12.